The number of carbonyl (C=O) groups is 1. The standard InChI is InChI=1S/C24H22F3N5O/c1-16-22(17(2)32(30-16)15-19-7-4-9-21(13-19)24(25,26)27)29-23(33)20-8-3-6-18(12-20)14-31-11-5-10-28-31/h3-13H,14-15H2,1-2H3,(H,29,33). The lowest BCUT2D eigenvalue weighted by atomic mass is 10.1. The average molecular weight is 453 g/mol. The van der Waals surface area contributed by atoms with Crippen LogP contribution in [0, 0.1) is 13.8 Å². The van der Waals surface area contributed by atoms with Gasteiger partial charge in [-0.3, -0.25) is 14.2 Å². The lowest BCUT2D eigenvalue weighted by Gasteiger charge is -2.10. The van der Waals surface area contributed by atoms with Crippen molar-refractivity contribution in [3.05, 3.63) is 101 Å². The largest absolute Gasteiger partial charge is 0.416 e. The fourth-order valence-electron chi connectivity index (χ4n) is 3.63. The number of hydrogen-bond donors (Lipinski definition) is 1. The minimum atomic E-state index is -4.41. The van der Waals surface area contributed by atoms with E-state index in [1.165, 1.54) is 6.07 Å². The monoisotopic (exact) mass is 453 g/mol. The Balaban J connectivity index is 1.51. The number of aromatic nitrogens is 4. The first-order valence-electron chi connectivity index (χ1n) is 10.3. The summed E-state index contributed by atoms with van der Waals surface area (Å²) in [4.78, 5) is 12.9. The number of nitrogens with zero attached hydrogens (tertiary/aromatic N) is 4. The van der Waals surface area contributed by atoms with Gasteiger partial charge in [-0.1, -0.05) is 24.3 Å². The van der Waals surface area contributed by atoms with Gasteiger partial charge < -0.3 is 5.32 Å². The quantitative estimate of drug-likeness (QED) is 0.444. The highest BCUT2D eigenvalue weighted by molar-refractivity contribution is 6.05. The van der Waals surface area contributed by atoms with Crippen molar-refractivity contribution < 1.29 is 18.0 Å². The molecule has 1 N–H and O–H groups in total. The molecule has 0 radical (unpaired) electrons. The predicted octanol–water partition coefficient (Wildman–Crippen LogP) is 5.06. The van der Waals surface area contributed by atoms with Gasteiger partial charge in [0.25, 0.3) is 5.91 Å². The van der Waals surface area contributed by atoms with Crippen molar-refractivity contribution in [2.45, 2.75) is 33.1 Å². The second-order valence-corrected chi connectivity index (χ2v) is 7.76. The molecule has 0 unspecified atom stereocenters. The first-order valence-corrected chi connectivity index (χ1v) is 10.3. The Bertz CT molecular complexity index is 1280. The Kier molecular flexibility index (Phi) is 6.04. The van der Waals surface area contributed by atoms with E-state index in [1.54, 1.807) is 47.6 Å². The topological polar surface area (TPSA) is 64.7 Å². The van der Waals surface area contributed by atoms with Crippen LogP contribution in [0.1, 0.15) is 38.4 Å². The summed E-state index contributed by atoms with van der Waals surface area (Å²) in [6, 6.07) is 14.2. The summed E-state index contributed by atoms with van der Waals surface area (Å²) in [5.41, 5.74) is 2.98. The maximum atomic E-state index is 13.0. The molecule has 0 aliphatic carbocycles. The normalized spacial score (nSPS) is 11.5. The molecule has 4 rings (SSSR count). The smallest absolute Gasteiger partial charge is 0.319 e. The van der Waals surface area contributed by atoms with Crippen molar-refractivity contribution >= 4 is 11.6 Å². The Morgan fingerprint density at radius 1 is 1.00 bits per heavy atom. The van der Waals surface area contributed by atoms with E-state index in [0.29, 0.717) is 34.7 Å². The fourth-order valence-corrected chi connectivity index (χ4v) is 3.63. The second-order valence-electron chi connectivity index (χ2n) is 7.76. The van der Waals surface area contributed by atoms with Crippen LogP contribution in [0.25, 0.3) is 0 Å². The summed E-state index contributed by atoms with van der Waals surface area (Å²) in [5, 5.41) is 11.5. The Morgan fingerprint density at radius 3 is 2.42 bits per heavy atom. The maximum absolute atomic E-state index is 13.0. The molecule has 6 nitrogen and oxygen atoms in total. The van der Waals surface area contributed by atoms with Crippen LogP contribution in [0.2, 0.25) is 0 Å². The van der Waals surface area contributed by atoms with E-state index in [-0.39, 0.29) is 12.5 Å². The molecule has 9 heteroatoms. The molecule has 1 amide bonds. The molecule has 0 aliphatic heterocycles. The lowest BCUT2D eigenvalue weighted by Crippen LogP contribution is -2.14. The number of amides is 1. The minimum absolute atomic E-state index is 0.159. The van der Waals surface area contributed by atoms with Gasteiger partial charge in [-0.15, -0.1) is 0 Å². The van der Waals surface area contributed by atoms with Gasteiger partial charge in [-0.2, -0.15) is 23.4 Å². The number of hydrogen-bond acceptors (Lipinski definition) is 3. The molecule has 2 heterocycles. The van der Waals surface area contributed by atoms with Gasteiger partial charge in [0.15, 0.2) is 0 Å². The molecule has 0 saturated heterocycles. The molecule has 2 aromatic carbocycles. The number of rotatable bonds is 6. The molecule has 0 bridgehead atoms. The zero-order valence-corrected chi connectivity index (χ0v) is 18.1. The third kappa shape index (κ3) is 5.14. The van der Waals surface area contributed by atoms with E-state index >= 15 is 0 Å². The van der Waals surface area contributed by atoms with Gasteiger partial charge in [0.1, 0.15) is 0 Å². The van der Waals surface area contributed by atoms with Crippen LogP contribution in [0.3, 0.4) is 0 Å². The number of aryl methyl sites for hydroxylation is 1. The first-order chi connectivity index (χ1) is 15.7. The molecular weight excluding hydrogens is 431 g/mol. The van der Waals surface area contributed by atoms with Crippen LogP contribution >= 0.6 is 0 Å². The Labute approximate surface area is 188 Å². The highest BCUT2D eigenvalue weighted by Crippen LogP contribution is 2.30. The van der Waals surface area contributed by atoms with Crippen molar-refractivity contribution in [2.75, 3.05) is 5.32 Å². The van der Waals surface area contributed by atoms with Gasteiger partial charge in [0, 0.05) is 18.0 Å². The van der Waals surface area contributed by atoms with E-state index in [1.807, 2.05) is 24.4 Å². The van der Waals surface area contributed by atoms with Crippen molar-refractivity contribution in [3.63, 3.8) is 0 Å². The van der Waals surface area contributed by atoms with E-state index in [9.17, 15) is 18.0 Å². The molecule has 0 aliphatic rings. The first kappa shape index (κ1) is 22.3. The van der Waals surface area contributed by atoms with Gasteiger partial charge in [0.2, 0.25) is 0 Å². The average Bonchev–Trinajstić information content (AvgIpc) is 3.37. The predicted molar refractivity (Wildman–Crippen MR) is 118 cm³/mol. The highest BCUT2D eigenvalue weighted by Gasteiger charge is 2.30. The zero-order chi connectivity index (χ0) is 23.6. The van der Waals surface area contributed by atoms with Crippen molar-refractivity contribution in [1.29, 1.82) is 0 Å². The van der Waals surface area contributed by atoms with Crippen LogP contribution in [-0.4, -0.2) is 25.5 Å². The maximum Gasteiger partial charge on any atom is 0.416 e. The molecule has 4 aromatic rings. The van der Waals surface area contributed by atoms with Gasteiger partial charge in [-0.25, -0.2) is 0 Å². The SMILES string of the molecule is Cc1nn(Cc2cccc(C(F)(F)F)c2)c(C)c1NC(=O)c1cccc(Cn2cccn2)c1. The van der Waals surface area contributed by atoms with Gasteiger partial charge in [-0.05, 0) is 55.3 Å². The van der Waals surface area contributed by atoms with E-state index in [0.717, 1.165) is 17.7 Å². The van der Waals surface area contributed by atoms with Crippen LogP contribution in [0.4, 0.5) is 18.9 Å². The second kappa shape index (κ2) is 8.93. The molecule has 33 heavy (non-hydrogen) atoms. The Hall–Kier alpha value is -3.88. The van der Waals surface area contributed by atoms with E-state index in [4.69, 9.17) is 0 Å². The van der Waals surface area contributed by atoms with Crippen LogP contribution in [0.15, 0.2) is 67.0 Å². The van der Waals surface area contributed by atoms with Crippen LogP contribution in [0.5, 0.6) is 0 Å². The molecular formula is C24H22F3N5O. The van der Waals surface area contributed by atoms with Crippen LogP contribution < -0.4 is 5.32 Å². The number of carbonyl (C=O) groups excluding carboxylic acids is 1. The molecule has 0 atom stereocenters. The van der Waals surface area contributed by atoms with Gasteiger partial charge in [0.05, 0.1) is 35.7 Å². The number of halogens is 3. The summed E-state index contributed by atoms with van der Waals surface area (Å²) in [7, 11) is 0. The lowest BCUT2D eigenvalue weighted by molar-refractivity contribution is -0.137. The summed E-state index contributed by atoms with van der Waals surface area (Å²) in [6.07, 6.45) is -0.867. The number of nitrogens with one attached hydrogen (secondary N) is 1. The minimum Gasteiger partial charge on any atom is -0.319 e. The van der Waals surface area contributed by atoms with Crippen LogP contribution in [-0.2, 0) is 19.3 Å². The summed E-state index contributed by atoms with van der Waals surface area (Å²) in [5.74, 6) is -0.290. The third-order valence-corrected chi connectivity index (χ3v) is 5.30. The summed E-state index contributed by atoms with van der Waals surface area (Å²) >= 11 is 0. The number of anilines is 1. The summed E-state index contributed by atoms with van der Waals surface area (Å²) in [6.45, 7) is 4.23. The van der Waals surface area contributed by atoms with E-state index in [2.05, 4.69) is 15.5 Å². The zero-order valence-electron chi connectivity index (χ0n) is 18.1. The Morgan fingerprint density at radius 2 is 1.73 bits per heavy atom. The number of alkyl halides is 3. The number of benzene rings is 2. The summed E-state index contributed by atoms with van der Waals surface area (Å²) < 4.78 is 42.4. The highest BCUT2D eigenvalue weighted by atomic mass is 19.4. The molecule has 2 aromatic heterocycles. The van der Waals surface area contributed by atoms with Crippen molar-refractivity contribution in [1.82, 2.24) is 19.6 Å². The molecule has 0 fully saturated rings. The molecule has 0 spiro atoms. The third-order valence-electron chi connectivity index (χ3n) is 5.30. The van der Waals surface area contributed by atoms with E-state index < -0.39 is 11.7 Å². The fraction of sp³-hybridized carbons (Fsp3) is 0.208. The molecule has 170 valence electrons. The van der Waals surface area contributed by atoms with Gasteiger partial charge >= 0.3 is 6.18 Å². The van der Waals surface area contributed by atoms with Crippen molar-refractivity contribution in [2.24, 2.45) is 0 Å². The van der Waals surface area contributed by atoms with Crippen molar-refractivity contribution in [3.8, 4) is 0 Å². The molecule has 0 saturated carbocycles.